The van der Waals surface area contributed by atoms with Crippen molar-refractivity contribution in [3.8, 4) is 5.75 Å². The number of hydrogen-bond acceptors (Lipinski definition) is 6. The number of nitrogens with two attached hydrogens (primary N) is 1. The number of amides is 1. The Labute approximate surface area is 222 Å². The molecule has 8 heteroatoms. The molecule has 2 N–H and O–H groups in total. The lowest BCUT2D eigenvalue weighted by atomic mass is 9.73. The van der Waals surface area contributed by atoms with E-state index in [2.05, 4.69) is 22.0 Å². The maximum absolute atomic E-state index is 14.6. The lowest BCUT2D eigenvalue weighted by Crippen LogP contribution is -2.48. The van der Waals surface area contributed by atoms with E-state index in [0.29, 0.717) is 49.2 Å². The van der Waals surface area contributed by atoms with Crippen LogP contribution in [0.25, 0.3) is 0 Å². The molecule has 37 heavy (non-hydrogen) atoms. The van der Waals surface area contributed by atoms with Gasteiger partial charge in [0.05, 0.1) is 0 Å². The average molecular weight is 523 g/mol. The lowest BCUT2D eigenvalue weighted by Gasteiger charge is -2.45. The Hall–Kier alpha value is -2.97. The Bertz CT molecular complexity index is 1210. The third kappa shape index (κ3) is 6.30. The Morgan fingerprint density at radius 2 is 1.84 bits per heavy atom. The fourth-order valence-corrected chi connectivity index (χ4v) is 6.26. The molecule has 6 nitrogen and oxygen atoms in total. The van der Waals surface area contributed by atoms with Crippen LogP contribution in [0.5, 0.6) is 5.75 Å². The highest BCUT2D eigenvalue weighted by atomic mass is 32.1. The van der Waals surface area contributed by atoms with Gasteiger partial charge in [-0.15, -0.1) is 11.3 Å². The highest BCUT2D eigenvalue weighted by Crippen LogP contribution is 2.39. The number of carbonyl (C=O) groups excluding carboxylic acids is 1. The summed E-state index contributed by atoms with van der Waals surface area (Å²) in [5.74, 6) is 0.749. The zero-order valence-electron chi connectivity index (χ0n) is 21.2. The molecule has 2 aromatic carbocycles. The summed E-state index contributed by atoms with van der Waals surface area (Å²) in [4.78, 5) is 21.5. The second-order valence-electron chi connectivity index (χ2n) is 10.3. The van der Waals surface area contributed by atoms with Gasteiger partial charge in [-0.25, -0.2) is 9.37 Å². The number of hydrogen-bond donors (Lipinski definition) is 1. The molecule has 3 heterocycles. The number of nitrogens with zero attached hydrogens (tertiary/aromatic N) is 3. The third-order valence-corrected chi connectivity index (χ3v) is 8.48. The molecule has 5 rings (SSSR count). The van der Waals surface area contributed by atoms with Crippen LogP contribution in [0.2, 0.25) is 0 Å². The summed E-state index contributed by atoms with van der Waals surface area (Å²) in [6, 6.07) is 15.3. The maximum atomic E-state index is 14.6. The minimum absolute atomic E-state index is 0.0378. The molecule has 0 radical (unpaired) electrons. The number of carbonyl (C=O) groups is 1. The molecule has 0 unspecified atom stereocenters. The number of likely N-dealkylation sites (tertiary alicyclic amines) is 1. The highest BCUT2D eigenvalue weighted by molar-refractivity contribution is 7.13. The molecule has 196 valence electrons. The molecular formula is C29H35FN4O2S. The summed E-state index contributed by atoms with van der Waals surface area (Å²) < 4.78 is 20.8. The first-order valence-electron chi connectivity index (χ1n) is 13.2. The molecule has 2 aliphatic heterocycles. The fraction of sp³-hybridized carbons (Fsp3) is 0.448. The van der Waals surface area contributed by atoms with Crippen LogP contribution in [0.3, 0.4) is 0 Å². The van der Waals surface area contributed by atoms with Gasteiger partial charge in [-0.2, -0.15) is 0 Å². The van der Waals surface area contributed by atoms with Crippen molar-refractivity contribution in [2.24, 2.45) is 5.41 Å². The monoisotopic (exact) mass is 522 g/mol. The molecule has 1 fully saturated rings. The number of aromatic nitrogens is 1. The van der Waals surface area contributed by atoms with E-state index in [9.17, 15) is 9.18 Å². The summed E-state index contributed by atoms with van der Waals surface area (Å²) in [5, 5.41) is 2.16. The number of fused-ring (bicyclic) bond motifs is 1. The van der Waals surface area contributed by atoms with Gasteiger partial charge in [0.2, 0.25) is 0 Å². The fourth-order valence-electron chi connectivity index (χ4n) is 5.73. The van der Waals surface area contributed by atoms with Crippen molar-refractivity contribution in [1.29, 1.82) is 0 Å². The number of para-hydroxylation sites is 1. The van der Waals surface area contributed by atoms with E-state index in [1.54, 1.807) is 11.4 Å². The Kier molecular flexibility index (Phi) is 8.05. The zero-order valence-corrected chi connectivity index (χ0v) is 22.0. The normalized spacial score (nSPS) is 18.9. The smallest absolute Gasteiger partial charge is 0.273 e. The van der Waals surface area contributed by atoms with Crippen molar-refractivity contribution >= 4 is 22.4 Å². The molecule has 1 aromatic heterocycles. The van der Waals surface area contributed by atoms with Gasteiger partial charge < -0.3 is 15.4 Å². The minimum Gasteiger partial charge on any atom is -0.492 e. The summed E-state index contributed by atoms with van der Waals surface area (Å²) in [7, 11) is 0. The number of halogens is 1. The van der Waals surface area contributed by atoms with E-state index < -0.39 is 0 Å². The van der Waals surface area contributed by atoms with Gasteiger partial charge in [-0.1, -0.05) is 42.8 Å². The number of anilines is 1. The van der Waals surface area contributed by atoms with Crippen molar-refractivity contribution in [2.45, 2.75) is 45.1 Å². The van der Waals surface area contributed by atoms with Crippen molar-refractivity contribution in [3.05, 3.63) is 76.5 Å². The van der Waals surface area contributed by atoms with Crippen LogP contribution in [0.15, 0.2) is 53.9 Å². The maximum Gasteiger partial charge on any atom is 0.273 e. The Morgan fingerprint density at radius 1 is 1.05 bits per heavy atom. The summed E-state index contributed by atoms with van der Waals surface area (Å²) in [6.45, 7) is 4.06. The van der Waals surface area contributed by atoms with Gasteiger partial charge in [0.15, 0.2) is 5.13 Å². The first kappa shape index (κ1) is 25.7. The van der Waals surface area contributed by atoms with Crippen LogP contribution in [0.1, 0.15) is 53.7 Å². The van der Waals surface area contributed by atoms with E-state index in [1.807, 2.05) is 29.2 Å². The number of thiazole rings is 1. The van der Waals surface area contributed by atoms with E-state index >= 15 is 0 Å². The molecule has 0 saturated carbocycles. The van der Waals surface area contributed by atoms with Crippen molar-refractivity contribution in [3.63, 3.8) is 0 Å². The second kappa shape index (κ2) is 11.6. The average Bonchev–Trinajstić information content (AvgIpc) is 3.34. The summed E-state index contributed by atoms with van der Waals surface area (Å²) in [5.41, 5.74) is 8.22. The van der Waals surface area contributed by atoms with Crippen molar-refractivity contribution < 1.29 is 13.9 Å². The van der Waals surface area contributed by atoms with Gasteiger partial charge in [-0.05, 0) is 55.2 Å². The molecule has 1 saturated heterocycles. The topological polar surface area (TPSA) is 71.7 Å². The largest absolute Gasteiger partial charge is 0.492 e. The van der Waals surface area contributed by atoms with Crippen LogP contribution in [0, 0.1) is 11.2 Å². The minimum atomic E-state index is -0.170. The van der Waals surface area contributed by atoms with Crippen LogP contribution < -0.4 is 10.5 Å². The number of aryl methyl sites for hydroxylation is 1. The summed E-state index contributed by atoms with van der Waals surface area (Å²) in [6.07, 6.45) is 6.14. The Balaban J connectivity index is 1.34. The van der Waals surface area contributed by atoms with Crippen LogP contribution in [0.4, 0.5) is 9.52 Å². The van der Waals surface area contributed by atoms with Gasteiger partial charge in [0.25, 0.3) is 5.91 Å². The van der Waals surface area contributed by atoms with Gasteiger partial charge in [0.1, 0.15) is 23.9 Å². The van der Waals surface area contributed by atoms with Gasteiger partial charge in [0, 0.05) is 43.7 Å². The quantitative estimate of drug-likeness (QED) is 0.499. The molecular weight excluding hydrogens is 487 g/mol. The van der Waals surface area contributed by atoms with Gasteiger partial charge >= 0.3 is 0 Å². The van der Waals surface area contributed by atoms with E-state index in [4.69, 9.17) is 10.5 Å². The second-order valence-corrected chi connectivity index (χ2v) is 11.2. The number of rotatable bonds is 3. The first-order valence-corrected chi connectivity index (χ1v) is 14.1. The molecule has 1 amide bonds. The van der Waals surface area contributed by atoms with Crippen LogP contribution >= 0.6 is 11.3 Å². The van der Waals surface area contributed by atoms with E-state index in [0.717, 1.165) is 50.8 Å². The SMILES string of the molecule is Nc1nc(C(=O)N2CCC3(CCCCc4ccccc4OCCN(Cc4ccccc4F)C3)CC2)cs1. The standard InChI is InChI=1S/C29H35FN4O2S/c30-24-10-3-1-9-23(24)19-33-17-18-36-26-11-4-2-7-22(26)8-5-6-12-29(21-33)13-15-34(16-14-29)27(35)25-20-37-28(31)32-25/h1-4,7,9-11,20H,5-6,8,12-19,21H2,(H2,31,32). The number of piperidine rings is 1. The molecule has 0 aliphatic carbocycles. The predicted molar refractivity (Wildman–Crippen MR) is 145 cm³/mol. The zero-order chi connectivity index (χ0) is 25.7. The molecule has 0 bridgehead atoms. The van der Waals surface area contributed by atoms with E-state index in [1.165, 1.54) is 23.0 Å². The highest BCUT2D eigenvalue weighted by Gasteiger charge is 2.37. The van der Waals surface area contributed by atoms with E-state index in [-0.39, 0.29) is 17.1 Å². The molecule has 0 atom stereocenters. The van der Waals surface area contributed by atoms with Gasteiger partial charge in [-0.3, -0.25) is 9.69 Å². The summed E-state index contributed by atoms with van der Waals surface area (Å²) >= 11 is 1.30. The number of benzene rings is 2. The number of nitrogen functional groups attached to an aromatic ring is 1. The number of ether oxygens (including phenoxy) is 1. The molecule has 2 aliphatic rings. The molecule has 3 aromatic rings. The predicted octanol–water partition coefficient (Wildman–Crippen LogP) is 5.39. The lowest BCUT2D eigenvalue weighted by molar-refractivity contribution is 0.0356. The Morgan fingerprint density at radius 3 is 2.62 bits per heavy atom. The van der Waals surface area contributed by atoms with Crippen molar-refractivity contribution in [1.82, 2.24) is 14.8 Å². The first-order chi connectivity index (χ1) is 18.0. The van der Waals surface area contributed by atoms with Crippen molar-refractivity contribution in [2.75, 3.05) is 38.5 Å². The van der Waals surface area contributed by atoms with Crippen LogP contribution in [-0.2, 0) is 13.0 Å². The molecule has 1 spiro atoms. The van der Waals surface area contributed by atoms with Crippen LogP contribution in [-0.4, -0.2) is 53.5 Å². The third-order valence-electron chi connectivity index (χ3n) is 7.80.